The highest BCUT2D eigenvalue weighted by Crippen LogP contribution is 2.31. The fourth-order valence-electron chi connectivity index (χ4n) is 5.99. The number of rotatable bonds is 10. The summed E-state index contributed by atoms with van der Waals surface area (Å²) < 4.78 is 19.3. The first-order chi connectivity index (χ1) is 20.5. The molecule has 2 aliphatic rings. The zero-order chi connectivity index (χ0) is 32.3. The van der Waals surface area contributed by atoms with E-state index in [0.29, 0.717) is 32.3 Å². The molecule has 2 amide bonds. The minimum atomic E-state index is -1.21. The molecule has 0 spiro atoms. The van der Waals surface area contributed by atoms with Crippen molar-refractivity contribution in [3.8, 4) is 0 Å². The highest BCUT2D eigenvalue weighted by Gasteiger charge is 2.40. The zero-order valence-corrected chi connectivity index (χ0v) is 29.5. The Balaban J connectivity index is 1.56. The van der Waals surface area contributed by atoms with E-state index < -0.39 is 25.3 Å². The summed E-state index contributed by atoms with van der Waals surface area (Å²) in [5, 5.41) is 9.36. The van der Waals surface area contributed by atoms with Crippen molar-refractivity contribution in [1.29, 1.82) is 0 Å². The second-order valence-electron chi connectivity index (χ2n) is 15.3. The van der Waals surface area contributed by atoms with E-state index in [1.807, 2.05) is 45.4 Å². The molecule has 4 rings (SSSR count). The third-order valence-corrected chi connectivity index (χ3v) is 10.2. The van der Waals surface area contributed by atoms with Gasteiger partial charge in [-0.3, -0.25) is 9.69 Å². The van der Waals surface area contributed by atoms with Gasteiger partial charge in [0.05, 0.1) is 16.7 Å². The van der Waals surface area contributed by atoms with Crippen LogP contribution in [-0.2, 0) is 31.3 Å². The van der Waals surface area contributed by atoms with Gasteiger partial charge in [0, 0.05) is 59.5 Å². The molecule has 2 fully saturated rings. The van der Waals surface area contributed by atoms with Crippen LogP contribution in [0.4, 0.5) is 4.79 Å². The Labute approximate surface area is 264 Å². The van der Waals surface area contributed by atoms with E-state index >= 15 is 0 Å². The number of benzene rings is 1. The molecular formula is C33H55N5O5Si. The highest BCUT2D eigenvalue weighted by atomic mass is 28.3. The average molecular weight is 630 g/mol. The fraction of sp³-hybridized carbons (Fsp3) is 0.727. The molecule has 10 nitrogen and oxygen atoms in total. The quantitative estimate of drug-likeness (QED) is 0.279. The summed E-state index contributed by atoms with van der Waals surface area (Å²) in [7, 11) is -1.21. The van der Waals surface area contributed by atoms with Crippen LogP contribution in [0.2, 0.25) is 25.7 Å². The molecule has 0 saturated carbocycles. The normalized spacial score (nSPS) is 19.4. The van der Waals surface area contributed by atoms with E-state index in [-0.39, 0.29) is 18.5 Å². The van der Waals surface area contributed by atoms with E-state index in [9.17, 15) is 9.59 Å². The molecule has 1 aromatic heterocycles. The minimum absolute atomic E-state index is 0.114. The smallest absolute Gasteiger partial charge is 0.410 e. The number of nitrogens with one attached hydrogen (secondary N) is 1. The third-order valence-electron chi connectivity index (χ3n) is 8.49. The summed E-state index contributed by atoms with van der Waals surface area (Å²) in [6.07, 6.45) is 1.58. The van der Waals surface area contributed by atoms with Gasteiger partial charge in [-0.2, -0.15) is 5.10 Å². The van der Waals surface area contributed by atoms with Gasteiger partial charge in [-0.05, 0) is 71.9 Å². The maximum atomic E-state index is 14.2. The van der Waals surface area contributed by atoms with Crippen molar-refractivity contribution in [2.24, 2.45) is 5.92 Å². The molecule has 0 bridgehead atoms. The topological polar surface area (TPSA) is 98.2 Å². The van der Waals surface area contributed by atoms with Crippen LogP contribution in [-0.4, -0.2) is 97.3 Å². The molecule has 2 aromatic rings. The molecule has 2 saturated heterocycles. The number of carbonyl (C=O) groups excluding carboxylic acids is 2. The maximum Gasteiger partial charge on any atom is 0.410 e. The summed E-state index contributed by atoms with van der Waals surface area (Å²) in [6.45, 7) is 23.5. The number of fused-ring (bicyclic) bond motifs is 1. The van der Waals surface area contributed by atoms with E-state index in [1.165, 1.54) is 0 Å². The van der Waals surface area contributed by atoms with E-state index in [2.05, 4.69) is 48.9 Å². The number of para-hydroxylation sites is 1. The van der Waals surface area contributed by atoms with Crippen LogP contribution in [0.15, 0.2) is 18.2 Å². The van der Waals surface area contributed by atoms with Crippen LogP contribution in [0.5, 0.6) is 0 Å². The number of ether oxygens (including phenoxy) is 3. The van der Waals surface area contributed by atoms with Gasteiger partial charge in [-0.15, -0.1) is 0 Å². The van der Waals surface area contributed by atoms with Gasteiger partial charge in [-0.25, -0.2) is 9.48 Å². The maximum absolute atomic E-state index is 14.2. The monoisotopic (exact) mass is 629 g/mol. The molecule has 246 valence electrons. The van der Waals surface area contributed by atoms with Crippen LogP contribution in [0.1, 0.15) is 58.7 Å². The molecular weight excluding hydrogens is 574 g/mol. The summed E-state index contributed by atoms with van der Waals surface area (Å²) in [4.78, 5) is 31.2. The molecule has 44 heavy (non-hydrogen) atoms. The van der Waals surface area contributed by atoms with Crippen molar-refractivity contribution in [2.75, 3.05) is 46.0 Å². The SMILES string of the molecule is Cc1cccc2c(C(C)(C)NC(=O)[C@@H]3CN(C(=O)OC(C)(C)C)CCN3CC3CCOCC3)nn(COCC[Si](C)(C)C)c12. The zero-order valence-electron chi connectivity index (χ0n) is 28.5. The molecule has 11 heteroatoms. The Hall–Kier alpha value is -2.47. The van der Waals surface area contributed by atoms with E-state index in [1.54, 1.807) is 4.90 Å². The van der Waals surface area contributed by atoms with Crippen molar-refractivity contribution < 1.29 is 23.8 Å². The predicted octanol–water partition coefficient (Wildman–Crippen LogP) is 5.36. The van der Waals surface area contributed by atoms with Gasteiger partial charge in [-0.1, -0.05) is 37.8 Å². The largest absolute Gasteiger partial charge is 0.444 e. The predicted molar refractivity (Wildman–Crippen MR) is 176 cm³/mol. The van der Waals surface area contributed by atoms with Crippen LogP contribution < -0.4 is 5.32 Å². The van der Waals surface area contributed by atoms with Crippen molar-refractivity contribution in [3.05, 3.63) is 29.5 Å². The first-order valence-corrected chi connectivity index (χ1v) is 19.9. The minimum Gasteiger partial charge on any atom is -0.444 e. The molecule has 1 N–H and O–H groups in total. The number of hydrogen-bond acceptors (Lipinski definition) is 7. The van der Waals surface area contributed by atoms with Crippen molar-refractivity contribution >= 4 is 31.0 Å². The van der Waals surface area contributed by atoms with Gasteiger partial charge in [0.2, 0.25) is 5.91 Å². The average Bonchev–Trinajstić information content (AvgIpc) is 3.31. The standard InChI is InChI=1S/C33H55N5O5Si/c1-24-11-10-12-26-28(24)38(23-42-19-20-44(7,8)9)35-29(26)33(5,6)34-30(39)27-22-37(31(40)43-32(2,3)4)16-15-36(27)21-25-13-17-41-18-14-25/h10-12,25,27H,13-23H2,1-9H3,(H,34,39)/t27-/m0/s1. The van der Waals surface area contributed by atoms with E-state index in [0.717, 1.165) is 60.8 Å². The summed E-state index contributed by atoms with van der Waals surface area (Å²) in [5.74, 6) is 0.348. The number of carbonyl (C=O) groups is 2. The van der Waals surface area contributed by atoms with Crippen molar-refractivity contribution in [2.45, 2.75) is 104 Å². The number of nitrogens with zero attached hydrogens (tertiary/aromatic N) is 4. The lowest BCUT2D eigenvalue weighted by atomic mass is 9.95. The Bertz CT molecular complexity index is 1290. The number of hydrogen-bond donors (Lipinski definition) is 1. The summed E-state index contributed by atoms with van der Waals surface area (Å²) >= 11 is 0. The van der Waals surface area contributed by atoms with E-state index in [4.69, 9.17) is 19.3 Å². The van der Waals surface area contributed by atoms with Gasteiger partial charge < -0.3 is 24.4 Å². The number of aromatic nitrogens is 2. The molecule has 1 aromatic carbocycles. The van der Waals surface area contributed by atoms with Gasteiger partial charge >= 0.3 is 6.09 Å². The lowest BCUT2D eigenvalue weighted by Crippen LogP contribution is -2.62. The molecule has 0 radical (unpaired) electrons. The Kier molecular flexibility index (Phi) is 10.9. The van der Waals surface area contributed by atoms with Crippen molar-refractivity contribution in [3.63, 3.8) is 0 Å². The van der Waals surface area contributed by atoms with Gasteiger partial charge in [0.15, 0.2) is 0 Å². The van der Waals surface area contributed by atoms with Crippen molar-refractivity contribution in [1.82, 2.24) is 24.9 Å². The van der Waals surface area contributed by atoms with Crippen LogP contribution in [0, 0.1) is 12.8 Å². The molecule has 0 unspecified atom stereocenters. The molecule has 0 aliphatic carbocycles. The van der Waals surface area contributed by atoms with Crippen LogP contribution >= 0.6 is 0 Å². The van der Waals surface area contributed by atoms with Crippen LogP contribution in [0.25, 0.3) is 10.9 Å². The Morgan fingerprint density at radius 3 is 2.45 bits per heavy atom. The first-order valence-electron chi connectivity index (χ1n) is 16.2. The van der Waals surface area contributed by atoms with Gasteiger partial charge in [0.1, 0.15) is 18.4 Å². The van der Waals surface area contributed by atoms with Gasteiger partial charge in [0.25, 0.3) is 0 Å². The number of aryl methyl sites for hydroxylation is 1. The number of piperazine rings is 1. The summed E-state index contributed by atoms with van der Waals surface area (Å²) in [6, 6.07) is 6.77. The fourth-order valence-corrected chi connectivity index (χ4v) is 6.75. The molecule has 3 heterocycles. The second kappa shape index (κ2) is 13.9. The number of amides is 2. The Morgan fingerprint density at radius 1 is 1.09 bits per heavy atom. The third kappa shape index (κ3) is 9.05. The Morgan fingerprint density at radius 2 is 1.80 bits per heavy atom. The lowest BCUT2D eigenvalue weighted by Gasteiger charge is -2.43. The summed E-state index contributed by atoms with van der Waals surface area (Å²) in [5.41, 5.74) is 1.56. The molecule has 2 aliphatic heterocycles. The van der Waals surface area contributed by atoms with Crippen LogP contribution in [0.3, 0.4) is 0 Å². The first kappa shape index (κ1) is 34.4. The highest BCUT2D eigenvalue weighted by molar-refractivity contribution is 6.76. The molecule has 1 atom stereocenters. The lowest BCUT2D eigenvalue weighted by molar-refractivity contribution is -0.131. The second-order valence-corrected chi connectivity index (χ2v) is 20.9.